The Hall–Kier alpha value is -1.73. The zero-order valence-electron chi connectivity index (χ0n) is 6.54. The van der Waals surface area contributed by atoms with E-state index in [1.165, 1.54) is 0 Å². The van der Waals surface area contributed by atoms with Gasteiger partial charge in [-0.1, -0.05) is 23.6 Å². The molecule has 0 spiro atoms. The first-order chi connectivity index (χ1) is 5.97. The predicted molar refractivity (Wildman–Crippen MR) is 48.6 cm³/mol. The van der Waals surface area contributed by atoms with Crippen molar-refractivity contribution in [1.82, 2.24) is 0 Å². The van der Waals surface area contributed by atoms with Crippen LogP contribution in [0.1, 0.15) is 6.42 Å². The highest BCUT2D eigenvalue weighted by Crippen LogP contribution is 2.15. The molecule has 1 unspecified atom stereocenters. The van der Waals surface area contributed by atoms with Gasteiger partial charge in [-0.25, -0.2) is 0 Å². The topological polar surface area (TPSA) is 12.4 Å². The third kappa shape index (κ3) is 1.31. The molecule has 0 fully saturated rings. The molecular weight excluding hydrogens is 146 g/mol. The van der Waals surface area contributed by atoms with Crippen molar-refractivity contribution in [2.24, 2.45) is 10.9 Å². The van der Waals surface area contributed by atoms with E-state index in [9.17, 15) is 0 Å². The van der Waals surface area contributed by atoms with Crippen molar-refractivity contribution >= 4 is 6.21 Å². The van der Waals surface area contributed by atoms with Crippen LogP contribution < -0.4 is 0 Å². The van der Waals surface area contributed by atoms with E-state index in [0.717, 1.165) is 12.1 Å². The fourth-order valence-electron chi connectivity index (χ4n) is 1.08. The van der Waals surface area contributed by atoms with Crippen molar-refractivity contribution in [2.45, 2.75) is 6.42 Å². The van der Waals surface area contributed by atoms with Gasteiger partial charge in [-0.05, 0) is 17.9 Å². The molecule has 12 heavy (non-hydrogen) atoms. The van der Waals surface area contributed by atoms with E-state index in [1.54, 1.807) is 6.21 Å². The van der Waals surface area contributed by atoms with Crippen LogP contribution in [0, 0.1) is 17.8 Å². The maximum Gasteiger partial charge on any atom is 0.109 e. The lowest BCUT2D eigenvalue weighted by atomic mass is 10.0. The first-order valence-electron chi connectivity index (χ1n) is 3.86. The van der Waals surface area contributed by atoms with E-state index in [1.807, 2.05) is 18.2 Å². The molecule has 56 valence electrons. The van der Waals surface area contributed by atoms with Crippen LogP contribution >= 0.6 is 0 Å². The average Bonchev–Trinajstić information content (AvgIpc) is 2.06. The van der Waals surface area contributed by atoms with Crippen LogP contribution in [0.25, 0.3) is 0 Å². The Morgan fingerprint density at radius 1 is 1.50 bits per heavy atom. The minimum Gasteiger partial charge on any atom is -0.251 e. The van der Waals surface area contributed by atoms with E-state index in [2.05, 4.69) is 28.3 Å². The summed E-state index contributed by atoms with van der Waals surface area (Å²) in [6, 6.07) is 0. The van der Waals surface area contributed by atoms with Crippen molar-refractivity contribution in [2.75, 3.05) is 0 Å². The number of rotatable bonds is 0. The first kappa shape index (κ1) is 6.95. The number of aliphatic imine (C=N–C) groups is 1. The Morgan fingerprint density at radius 2 is 2.50 bits per heavy atom. The average molecular weight is 153 g/mol. The molecule has 0 N–H and O–H groups in total. The van der Waals surface area contributed by atoms with Crippen LogP contribution in [0.5, 0.6) is 0 Å². The number of hydrogen-bond acceptors (Lipinski definition) is 1. The Labute approximate surface area is 71.5 Å². The van der Waals surface area contributed by atoms with Crippen molar-refractivity contribution in [3.8, 4) is 11.8 Å². The Morgan fingerprint density at radius 3 is 3.50 bits per heavy atom. The number of fused-ring (bicyclic) bond motifs is 1. The zero-order valence-corrected chi connectivity index (χ0v) is 6.54. The standard InChI is InChI=1S/C11H7N/c1-2-4-8-11-10(6-3-1)7-5-9-12-11/h2,5,7,9-10H,1H2. The van der Waals surface area contributed by atoms with E-state index in [0.29, 0.717) is 0 Å². The largest absolute Gasteiger partial charge is 0.251 e. The summed E-state index contributed by atoms with van der Waals surface area (Å²) < 4.78 is 0. The van der Waals surface area contributed by atoms with Crippen molar-refractivity contribution in [3.63, 3.8) is 0 Å². The molecular formula is C11H7N. The van der Waals surface area contributed by atoms with E-state index < -0.39 is 0 Å². The van der Waals surface area contributed by atoms with Gasteiger partial charge in [0.1, 0.15) is 5.70 Å². The van der Waals surface area contributed by atoms with Gasteiger partial charge in [0.15, 0.2) is 0 Å². The molecule has 1 aliphatic heterocycles. The molecule has 2 rings (SSSR count). The molecule has 0 saturated heterocycles. The van der Waals surface area contributed by atoms with E-state index >= 15 is 0 Å². The number of nitrogens with zero attached hydrogens (tertiary/aromatic N) is 1. The maximum atomic E-state index is 4.16. The Kier molecular flexibility index (Phi) is 1.80. The van der Waals surface area contributed by atoms with Crippen LogP contribution in [0.15, 0.2) is 40.4 Å². The molecule has 1 heterocycles. The molecule has 0 amide bonds. The molecule has 1 atom stereocenters. The van der Waals surface area contributed by atoms with Gasteiger partial charge in [-0.2, -0.15) is 0 Å². The van der Waals surface area contributed by atoms with E-state index in [-0.39, 0.29) is 5.92 Å². The third-order valence-corrected chi connectivity index (χ3v) is 1.66. The van der Waals surface area contributed by atoms with Gasteiger partial charge in [0, 0.05) is 12.6 Å². The lowest BCUT2D eigenvalue weighted by Crippen LogP contribution is -1.99. The van der Waals surface area contributed by atoms with E-state index in [4.69, 9.17) is 0 Å². The van der Waals surface area contributed by atoms with Gasteiger partial charge in [-0.15, -0.1) is 0 Å². The molecule has 1 nitrogen and oxygen atoms in total. The third-order valence-electron chi connectivity index (χ3n) is 1.66. The lowest BCUT2D eigenvalue weighted by Gasteiger charge is -2.06. The summed E-state index contributed by atoms with van der Waals surface area (Å²) in [7, 11) is 0. The van der Waals surface area contributed by atoms with Crippen molar-refractivity contribution in [3.05, 3.63) is 35.4 Å². The summed E-state index contributed by atoms with van der Waals surface area (Å²) in [5, 5.41) is 0. The van der Waals surface area contributed by atoms with Crippen LogP contribution in [0.2, 0.25) is 0 Å². The second-order valence-corrected chi connectivity index (χ2v) is 2.52. The number of hydrogen-bond donors (Lipinski definition) is 0. The minimum atomic E-state index is 0.121. The van der Waals surface area contributed by atoms with Crippen LogP contribution in [0.3, 0.4) is 0 Å². The molecule has 0 aromatic carbocycles. The van der Waals surface area contributed by atoms with Gasteiger partial charge in [0.05, 0.1) is 5.92 Å². The highest BCUT2D eigenvalue weighted by Gasteiger charge is 2.08. The second-order valence-electron chi connectivity index (χ2n) is 2.52. The quantitative estimate of drug-likeness (QED) is 0.372. The fourth-order valence-corrected chi connectivity index (χ4v) is 1.08. The SMILES string of the molecule is C1=C=C2N=CC=CC2C#CCC=1. The van der Waals surface area contributed by atoms with Gasteiger partial charge < -0.3 is 0 Å². The Bertz CT molecular complexity index is 400. The van der Waals surface area contributed by atoms with Gasteiger partial charge in [-0.3, -0.25) is 4.99 Å². The molecule has 1 aliphatic carbocycles. The molecule has 0 radical (unpaired) electrons. The predicted octanol–water partition coefficient (Wildman–Crippen LogP) is 1.84. The summed E-state index contributed by atoms with van der Waals surface area (Å²) in [5.41, 5.74) is 6.77. The monoisotopic (exact) mass is 153 g/mol. The second kappa shape index (κ2) is 3.11. The molecule has 0 aromatic heterocycles. The van der Waals surface area contributed by atoms with Crippen LogP contribution in [-0.2, 0) is 0 Å². The summed E-state index contributed by atoms with van der Waals surface area (Å²) in [6.45, 7) is 0. The molecule has 0 aromatic rings. The summed E-state index contributed by atoms with van der Waals surface area (Å²) >= 11 is 0. The normalized spacial score (nSPS) is 23.3. The van der Waals surface area contributed by atoms with Gasteiger partial charge in [0.2, 0.25) is 0 Å². The maximum absolute atomic E-state index is 4.16. The summed E-state index contributed by atoms with van der Waals surface area (Å²) in [5.74, 6) is 6.26. The van der Waals surface area contributed by atoms with Crippen molar-refractivity contribution < 1.29 is 0 Å². The fraction of sp³-hybridized carbons (Fsp3) is 0.182. The first-order valence-corrected chi connectivity index (χ1v) is 3.86. The highest BCUT2D eigenvalue weighted by atomic mass is 14.7. The zero-order chi connectivity index (χ0) is 8.23. The Balaban J connectivity index is 2.53. The molecule has 0 saturated carbocycles. The lowest BCUT2D eigenvalue weighted by molar-refractivity contribution is 0.974. The molecule has 0 bridgehead atoms. The molecule has 1 heteroatoms. The van der Waals surface area contributed by atoms with Gasteiger partial charge >= 0.3 is 0 Å². The smallest absolute Gasteiger partial charge is 0.109 e. The van der Waals surface area contributed by atoms with Gasteiger partial charge in [0.25, 0.3) is 0 Å². The number of allylic oxidation sites excluding steroid dienone is 3. The summed E-state index contributed by atoms with van der Waals surface area (Å²) in [6.07, 6.45) is 8.31. The minimum absolute atomic E-state index is 0.121. The highest BCUT2D eigenvalue weighted by molar-refractivity contribution is 5.74. The van der Waals surface area contributed by atoms with Crippen molar-refractivity contribution in [1.29, 1.82) is 0 Å². The summed E-state index contributed by atoms with van der Waals surface area (Å²) in [4.78, 5) is 4.16. The van der Waals surface area contributed by atoms with Crippen LogP contribution in [0.4, 0.5) is 0 Å². The number of dihydropyridines is 1. The molecule has 2 aliphatic rings. The van der Waals surface area contributed by atoms with Crippen LogP contribution in [-0.4, -0.2) is 6.21 Å².